The minimum Gasteiger partial charge on any atom is -0.481 e. The molecule has 7 heteroatoms. The molecule has 3 N–H and O–H groups in total. The maximum atomic E-state index is 11.0. The summed E-state index contributed by atoms with van der Waals surface area (Å²) < 4.78 is 0. The van der Waals surface area contributed by atoms with Crippen molar-refractivity contribution in [3.63, 3.8) is 0 Å². The SMILES string of the molecule is CCC1(C(=O)O)C(C(=O)O)C1(C)C.N#CC(C=O)CO. The van der Waals surface area contributed by atoms with Gasteiger partial charge in [-0.25, -0.2) is 0 Å². The number of carbonyl (C=O) groups excluding carboxylic acids is 1. The first-order valence-corrected chi connectivity index (χ1v) is 6.09. The number of carboxylic acids is 2. The summed E-state index contributed by atoms with van der Waals surface area (Å²) in [6.45, 7) is 4.74. The Morgan fingerprint density at radius 2 is 1.90 bits per heavy atom. The predicted molar refractivity (Wildman–Crippen MR) is 67.5 cm³/mol. The number of hydrogen-bond donors (Lipinski definition) is 3. The number of carboxylic acid groups (broad SMARTS) is 2. The molecule has 0 spiro atoms. The number of nitrogens with zero attached hydrogens (tertiary/aromatic N) is 1. The van der Waals surface area contributed by atoms with Gasteiger partial charge in [0.05, 0.1) is 24.0 Å². The molecule has 1 rings (SSSR count). The largest absolute Gasteiger partial charge is 0.481 e. The van der Waals surface area contributed by atoms with Gasteiger partial charge in [-0.15, -0.1) is 0 Å². The zero-order chi connectivity index (χ0) is 16.1. The number of rotatable bonds is 5. The van der Waals surface area contributed by atoms with E-state index >= 15 is 0 Å². The lowest BCUT2D eigenvalue weighted by Gasteiger charge is -2.11. The molecule has 1 aliphatic rings. The molecule has 0 aliphatic heterocycles. The number of hydrogen-bond acceptors (Lipinski definition) is 5. The summed E-state index contributed by atoms with van der Waals surface area (Å²) in [5.74, 6) is -3.58. The fraction of sp³-hybridized carbons (Fsp3) is 0.692. The Morgan fingerprint density at radius 3 is 1.95 bits per heavy atom. The van der Waals surface area contributed by atoms with Crippen LogP contribution in [-0.2, 0) is 14.4 Å². The third kappa shape index (κ3) is 2.80. The van der Waals surface area contributed by atoms with Crippen LogP contribution in [0.25, 0.3) is 0 Å². The van der Waals surface area contributed by atoms with E-state index in [4.69, 9.17) is 20.6 Å². The van der Waals surface area contributed by atoms with E-state index in [1.165, 1.54) is 0 Å². The number of aliphatic carboxylic acids is 2. The summed E-state index contributed by atoms with van der Waals surface area (Å²) in [6, 6.07) is 1.58. The fourth-order valence-corrected chi connectivity index (χ4v) is 2.70. The maximum Gasteiger partial charge on any atom is 0.311 e. The summed E-state index contributed by atoms with van der Waals surface area (Å²) in [7, 11) is 0. The number of nitriles is 1. The van der Waals surface area contributed by atoms with E-state index in [1.54, 1.807) is 26.8 Å². The Labute approximate surface area is 116 Å². The van der Waals surface area contributed by atoms with Crippen molar-refractivity contribution >= 4 is 18.2 Å². The number of carbonyl (C=O) groups is 3. The summed E-state index contributed by atoms with van der Waals surface area (Å²) >= 11 is 0. The molecule has 0 radical (unpaired) electrons. The van der Waals surface area contributed by atoms with Gasteiger partial charge in [0.1, 0.15) is 12.2 Å². The fourth-order valence-electron chi connectivity index (χ4n) is 2.70. The predicted octanol–water partition coefficient (Wildman–Crippen LogP) is 0.525. The maximum absolute atomic E-state index is 11.0. The van der Waals surface area contributed by atoms with E-state index in [0.29, 0.717) is 12.7 Å². The van der Waals surface area contributed by atoms with Crippen LogP contribution in [0.3, 0.4) is 0 Å². The van der Waals surface area contributed by atoms with Crippen molar-refractivity contribution in [2.45, 2.75) is 27.2 Å². The van der Waals surface area contributed by atoms with E-state index in [1.807, 2.05) is 0 Å². The molecular weight excluding hydrogens is 266 g/mol. The molecule has 0 heterocycles. The van der Waals surface area contributed by atoms with Crippen LogP contribution < -0.4 is 0 Å². The van der Waals surface area contributed by atoms with Gasteiger partial charge in [-0.05, 0) is 11.8 Å². The van der Waals surface area contributed by atoms with Crippen LogP contribution in [0.15, 0.2) is 0 Å². The van der Waals surface area contributed by atoms with E-state index in [-0.39, 0.29) is 6.61 Å². The molecular formula is C13H19NO6. The first-order chi connectivity index (χ1) is 9.17. The molecule has 0 bridgehead atoms. The summed E-state index contributed by atoms with van der Waals surface area (Å²) in [4.78, 5) is 31.4. The van der Waals surface area contributed by atoms with Crippen molar-refractivity contribution in [3.05, 3.63) is 0 Å². The Hall–Kier alpha value is -1.94. The number of aliphatic hydroxyl groups excluding tert-OH is 1. The lowest BCUT2D eigenvalue weighted by atomic mass is 9.93. The molecule has 0 aromatic carbocycles. The summed E-state index contributed by atoms with van der Waals surface area (Å²) in [6.07, 6.45) is 0.784. The zero-order valence-electron chi connectivity index (χ0n) is 11.7. The molecule has 0 amide bonds. The van der Waals surface area contributed by atoms with Crippen LogP contribution in [0.2, 0.25) is 0 Å². The van der Waals surface area contributed by atoms with Gasteiger partial charge in [-0.2, -0.15) is 5.26 Å². The van der Waals surface area contributed by atoms with Crippen molar-refractivity contribution in [1.82, 2.24) is 0 Å². The molecule has 3 atom stereocenters. The highest BCUT2D eigenvalue weighted by Crippen LogP contribution is 2.70. The normalized spacial score (nSPS) is 27.2. The standard InChI is InChI=1S/C9H14O4.C4H5NO2/c1-4-9(7(12)13)5(6(10)11)8(9,2)3;5-1-4(2-6)3-7/h5H,4H2,1-3H3,(H,10,11)(H,12,13);2,4,7H,3H2. The Balaban J connectivity index is 0.000000441. The Morgan fingerprint density at radius 1 is 1.40 bits per heavy atom. The highest BCUT2D eigenvalue weighted by molar-refractivity contribution is 5.91. The molecule has 20 heavy (non-hydrogen) atoms. The topological polar surface area (TPSA) is 136 Å². The van der Waals surface area contributed by atoms with Crippen molar-refractivity contribution in [1.29, 1.82) is 5.26 Å². The lowest BCUT2D eigenvalue weighted by molar-refractivity contribution is -0.149. The second kappa shape index (κ2) is 6.48. The van der Waals surface area contributed by atoms with Gasteiger partial charge in [0.15, 0.2) is 0 Å². The van der Waals surface area contributed by atoms with Crippen molar-refractivity contribution in [2.75, 3.05) is 6.61 Å². The van der Waals surface area contributed by atoms with Crippen LogP contribution in [0.4, 0.5) is 0 Å². The average molecular weight is 285 g/mol. The lowest BCUT2D eigenvalue weighted by Crippen LogP contribution is -2.21. The molecule has 1 saturated carbocycles. The average Bonchev–Trinajstić information content (AvgIpc) is 2.90. The van der Waals surface area contributed by atoms with Crippen molar-refractivity contribution in [2.24, 2.45) is 22.7 Å². The monoisotopic (exact) mass is 285 g/mol. The van der Waals surface area contributed by atoms with Gasteiger partial charge in [0, 0.05) is 0 Å². The first kappa shape index (κ1) is 18.1. The van der Waals surface area contributed by atoms with Crippen molar-refractivity contribution < 1.29 is 29.7 Å². The van der Waals surface area contributed by atoms with Crippen LogP contribution >= 0.6 is 0 Å². The van der Waals surface area contributed by atoms with Gasteiger partial charge in [-0.1, -0.05) is 20.8 Å². The number of aldehydes is 1. The van der Waals surface area contributed by atoms with Gasteiger partial charge in [-0.3, -0.25) is 9.59 Å². The number of aliphatic hydroxyl groups is 1. The van der Waals surface area contributed by atoms with Crippen LogP contribution in [0.1, 0.15) is 27.2 Å². The van der Waals surface area contributed by atoms with E-state index in [2.05, 4.69) is 0 Å². The van der Waals surface area contributed by atoms with Crippen molar-refractivity contribution in [3.8, 4) is 6.07 Å². The smallest absolute Gasteiger partial charge is 0.311 e. The van der Waals surface area contributed by atoms with E-state index in [9.17, 15) is 14.4 Å². The van der Waals surface area contributed by atoms with Gasteiger partial charge >= 0.3 is 11.9 Å². The molecule has 112 valence electrons. The highest BCUT2D eigenvalue weighted by atomic mass is 16.4. The Bertz CT molecular complexity index is 439. The molecule has 0 saturated heterocycles. The van der Waals surface area contributed by atoms with Gasteiger partial charge in [0.25, 0.3) is 0 Å². The molecule has 3 unspecified atom stereocenters. The van der Waals surface area contributed by atoms with E-state index < -0.39 is 34.6 Å². The molecule has 0 aromatic rings. The molecule has 1 aliphatic carbocycles. The molecule has 7 nitrogen and oxygen atoms in total. The minimum absolute atomic E-state index is 0.367. The molecule has 1 fully saturated rings. The highest BCUT2D eigenvalue weighted by Gasteiger charge is 2.78. The summed E-state index contributed by atoms with van der Waals surface area (Å²) in [5, 5.41) is 33.8. The van der Waals surface area contributed by atoms with Crippen LogP contribution in [0, 0.1) is 34.0 Å². The zero-order valence-corrected chi connectivity index (χ0v) is 11.7. The second-order valence-corrected chi connectivity index (χ2v) is 5.18. The van der Waals surface area contributed by atoms with Crippen LogP contribution in [0.5, 0.6) is 0 Å². The quantitative estimate of drug-likeness (QED) is 0.626. The Kier molecular flexibility index (Phi) is 5.85. The minimum atomic E-state index is -1.06. The molecule has 0 aromatic heterocycles. The summed E-state index contributed by atoms with van der Waals surface area (Å²) in [5.41, 5.74) is -1.68. The van der Waals surface area contributed by atoms with Crippen LogP contribution in [-0.4, -0.2) is 40.2 Å². The van der Waals surface area contributed by atoms with E-state index in [0.717, 1.165) is 0 Å². The first-order valence-electron chi connectivity index (χ1n) is 6.09. The third-order valence-electron chi connectivity index (χ3n) is 3.99. The third-order valence-corrected chi connectivity index (χ3v) is 3.99. The van der Waals surface area contributed by atoms with Gasteiger partial charge in [0.2, 0.25) is 0 Å². The second-order valence-electron chi connectivity index (χ2n) is 5.18. The van der Waals surface area contributed by atoms with Gasteiger partial charge < -0.3 is 20.1 Å².